The number of nitrogens with two attached hydrogens (primary N) is 1. The zero-order chi connectivity index (χ0) is 13.1. The van der Waals surface area contributed by atoms with Gasteiger partial charge in [-0.3, -0.25) is 4.79 Å². The molecule has 102 valence electrons. The molecule has 3 nitrogen and oxygen atoms in total. The highest BCUT2D eigenvalue weighted by atomic mass is 35.5. The summed E-state index contributed by atoms with van der Waals surface area (Å²) in [6.07, 6.45) is 0.628. The molecule has 1 aromatic rings. The third-order valence-electron chi connectivity index (χ3n) is 2.29. The Morgan fingerprint density at radius 1 is 1.39 bits per heavy atom. The summed E-state index contributed by atoms with van der Waals surface area (Å²) >= 11 is 5.81. The highest BCUT2D eigenvalue weighted by molar-refractivity contribution is 6.30. The smallest absolute Gasteiger partial charge is 0.323 e. The minimum atomic E-state index is -0.598. The molecule has 1 unspecified atom stereocenters. The van der Waals surface area contributed by atoms with E-state index in [1.54, 1.807) is 6.92 Å². The van der Waals surface area contributed by atoms with Crippen LogP contribution in [0.25, 0.3) is 0 Å². The molecule has 0 aromatic heterocycles. The summed E-state index contributed by atoms with van der Waals surface area (Å²) in [5.74, 6) is -0.385. The summed E-state index contributed by atoms with van der Waals surface area (Å²) in [7, 11) is 0. The van der Waals surface area contributed by atoms with E-state index in [-0.39, 0.29) is 18.4 Å². The monoisotopic (exact) mass is 290 g/mol. The second-order valence-electron chi connectivity index (χ2n) is 4.77. The molecular formula is C13H18Cl2NO2-. The molecule has 0 saturated carbocycles. The molecule has 0 aliphatic rings. The van der Waals surface area contributed by atoms with Gasteiger partial charge >= 0.3 is 5.97 Å². The average molecular weight is 291 g/mol. The SMILES string of the molecule is CC(N)C(=O)OC(C)(C)Cc1ccc(Cl)cc1.[Cl-]. The number of hydrogen-bond acceptors (Lipinski definition) is 3. The maximum atomic E-state index is 11.4. The van der Waals surface area contributed by atoms with Gasteiger partial charge < -0.3 is 22.9 Å². The van der Waals surface area contributed by atoms with E-state index in [0.717, 1.165) is 5.56 Å². The number of esters is 1. The van der Waals surface area contributed by atoms with Gasteiger partial charge in [-0.25, -0.2) is 0 Å². The van der Waals surface area contributed by atoms with E-state index in [4.69, 9.17) is 22.1 Å². The first kappa shape index (κ1) is 17.2. The van der Waals surface area contributed by atoms with Gasteiger partial charge in [0.25, 0.3) is 0 Å². The van der Waals surface area contributed by atoms with Crippen LogP contribution in [0.5, 0.6) is 0 Å². The van der Waals surface area contributed by atoms with Crippen LogP contribution in [-0.2, 0) is 16.0 Å². The molecular weight excluding hydrogens is 273 g/mol. The number of carbonyl (C=O) groups is 1. The summed E-state index contributed by atoms with van der Waals surface area (Å²) in [6.45, 7) is 5.34. The molecule has 5 heteroatoms. The number of ether oxygens (including phenoxy) is 1. The second kappa shape index (κ2) is 6.98. The summed E-state index contributed by atoms with van der Waals surface area (Å²) < 4.78 is 5.34. The van der Waals surface area contributed by atoms with Gasteiger partial charge in [-0.2, -0.15) is 0 Å². The van der Waals surface area contributed by atoms with E-state index in [9.17, 15) is 4.79 Å². The van der Waals surface area contributed by atoms with Gasteiger partial charge in [-0.1, -0.05) is 23.7 Å². The molecule has 0 saturated heterocycles. The Kier molecular flexibility index (Phi) is 6.68. The molecule has 0 aliphatic carbocycles. The fourth-order valence-electron chi connectivity index (χ4n) is 1.50. The van der Waals surface area contributed by atoms with Crippen molar-refractivity contribution in [2.75, 3.05) is 0 Å². The van der Waals surface area contributed by atoms with Crippen LogP contribution in [-0.4, -0.2) is 17.6 Å². The van der Waals surface area contributed by atoms with Crippen LogP contribution in [0.4, 0.5) is 0 Å². The van der Waals surface area contributed by atoms with E-state index in [2.05, 4.69) is 0 Å². The molecule has 0 fully saturated rings. The van der Waals surface area contributed by atoms with Crippen LogP contribution < -0.4 is 18.1 Å². The maximum absolute atomic E-state index is 11.4. The summed E-state index contributed by atoms with van der Waals surface area (Å²) in [5, 5.41) is 0.694. The molecule has 0 bridgehead atoms. The predicted molar refractivity (Wildman–Crippen MR) is 69.0 cm³/mol. The van der Waals surface area contributed by atoms with Crippen LogP contribution in [0.3, 0.4) is 0 Å². The third kappa shape index (κ3) is 5.71. The number of halogens is 2. The van der Waals surface area contributed by atoms with Gasteiger partial charge in [-0.15, -0.1) is 0 Å². The number of benzene rings is 1. The highest BCUT2D eigenvalue weighted by Gasteiger charge is 2.24. The molecule has 0 spiro atoms. The third-order valence-corrected chi connectivity index (χ3v) is 2.54. The normalized spacial score (nSPS) is 12.5. The minimum Gasteiger partial charge on any atom is -1.00 e. The summed E-state index contributed by atoms with van der Waals surface area (Å²) in [4.78, 5) is 11.4. The largest absolute Gasteiger partial charge is 1.00 e. The Bertz CT molecular complexity index is 388. The van der Waals surface area contributed by atoms with Crippen LogP contribution in [0.1, 0.15) is 26.3 Å². The van der Waals surface area contributed by atoms with Crippen molar-refractivity contribution < 1.29 is 21.9 Å². The van der Waals surface area contributed by atoms with Crippen LogP contribution in [0.15, 0.2) is 24.3 Å². The standard InChI is InChI=1S/C13H18ClNO2.ClH/c1-9(15)12(16)17-13(2,3)8-10-4-6-11(14)7-5-10;/h4-7,9H,8,15H2,1-3H3;1H/p-1. The lowest BCUT2D eigenvalue weighted by Gasteiger charge is -2.26. The quantitative estimate of drug-likeness (QED) is 0.765. The first-order valence-corrected chi connectivity index (χ1v) is 5.91. The summed E-state index contributed by atoms with van der Waals surface area (Å²) in [5.41, 5.74) is 5.96. The molecule has 0 radical (unpaired) electrons. The lowest BCUT2D eigenvalue weighted by Crippen LogP contribution is -3.00. The molecule has 1 rings (SSSR count). The Hall–Kier alpha value is -0.770. The first-order chi connectivity index (χ1) is 7.80. The predicted octanol–water partition coefficient (Wildman–Crippen LogP) is -0.444. The van der Waals surface area contributed by atoms with Crippen LogP contribution in [0.2, 0.25) is 5.02 Å². The van der Waals surface area contributed by atoms with Crippen LogP contribution >= 0.6 is 11.6 Å². The van der Waals surface area contributed by atoms with Gasteiger partial charge in [0, 0.05) is 11.4 Å². The van der Waals surface area contributed by atoms with Crippen molar-refractivity contribution in [1.82, 2.24) is 0 Å². The topological polar surface area (TPSA) is 52.3 Å². The van der Waals surface area contributed by atoms with Crippen molar-refractivity contribution >= 4 is 17.6 Å². The summed E-state index contributed by atoms with van der Waals surface area (Å²) in [6, 6.07) is 6.88. The van der Waals surface area contributed by atoms with Gasteiger partial charge in [-0.05, 0) is 38.5 Å². The number of hydrogen-bond donors (Lipinski definition) is 1. The Balaban J connectivity index is 0.00000289. The fourth-order valence-corrected chi connectivity index (χ4v) is 1.62. The zero-order valence-electron chi connectivity index (χ0n) is 10.7. The van der Waals surface area contributed by atoms with Gasteiger partial charge in [0.15, 0.2) is 0 Å². The zero-order valence-corrected chi connectivity index (χ0v) is 12.3. The lowest BCUT2D eigenvalue weighted by molar-refractivity contribution is -0.157. The van der Waals surface area contributed by atoms with E-state index < -0.39 is 11.6 Å². The highest BCUT2D eigenvalue weighted by Crippen LogP contribution is 2.19. The molecule has 0 amide bonds. The maximum Gasteiger partial charge on any atom is 0.323 e. The van der Waals surface area contributed by atoms with Gasteiger partial charge in [0.2, 0.25) is 0 Å². The molecule has 18 heavy (non-hydrogen) atoms. The first-order valence-electron chi connectivity index (χ1n) is 5.53. The number of carbonyl (C=O) groups excluding carboxylic acids is 1. The van der Waals surface area contributed by atoms with Crippen molar-refractivity contribution in [3.63, 3.8) is 0 Å². The van der Waals surface area contributed by atoms with E-state index in [1.807, 2.05) is 38.1 Å². The molecule has 2 N–H and O–H groups in total. The molecule has 0 aliphatic heterocycles. The van der Waals surface area contributed by atoms with Crippen molar-refractivity contribution in [2.45, 2.75) is 38.8 Å². The Morgan fingerprint density at radius 3 is 2.33 bits per heavy atom. The van der Waals surface area contributed by atoms with Crippen molar-refractivity contribution in [3.05, 3.63) is 34.9 Å². The molecule has 1 aromatic carbocycles. The minimum absolute atomic E-state index is 0. The van der Waals surface area contributed by atoms with Gasteiger partial charge in [0.1, 0.15) is 11.6 Å². The fraction of sp³-hybridized carbons (Fsp3) is 0.462. The van der Waals surface area contributed by atoms with Crippen molar-refractivity contribution in [3.8, 4) is 0 Å². The van der Waals surface area contributed by atoms with E-state index >= 15 is 0 Å². The van der Waals surface area contributed by atoms with E-state index in [0.29, 0.717) is 11.4 Å². The molecule has 0 heterocycles. The second-order valence-corrected chi connectivity index (χ2v) is 5.21. The average Bonchev–Trinajstić information content (AvgIpc) is 2.20. The number of rotatable bonds is 4. The van der Waals surface area contributed by atoms with Crippen molar-refractivity contribution in [1.29, 1.82) is 0 Å². The lowest BCUT2D eigenvalue weighted by atomic mass is 9.98. The Morgan fingerprint density at radius 2 is 1.89 bits per heavy atom. The van der Waals surface area contributed by atoms with Crippen molar-refractivity contribution in [2.24, 2.45) is 5.73 Å². The van der Waals surface area contributed by atoms with Gasteiger partial charge in [0.05, 0.1) is 0 Å². The van der Waals surface area contributed by atoms with Crippen LogP contribution in [0, 0.1) is 0 Å². The molecule has 1 atom stereocenters. The van der Waals surface area contributed by atoms with E-state index in [1.165, 1.54) is 0 Å². The Labute approximate surface area is 119 Å².